The topological polar surface area (TPSA) is 101 Å². The van der Waals surface area contributed by atoms with E-state index in [9.17, 15) is 19.2 Å². The van der Waals surface area contributed by atoms with Crippen molar-refractivity contribution >= 4 is 78.9 Å². The number of nitrogens with zero attached hydrogens (tertiary/aromatic N) is 3. The molecular weight excluding hydrogens is 636 g/mol. The van der Waals surface area contributed by atoms with Crippen LogP contribution in [0, 0.1) is 5.92 Å². The van der Waals surface area contributed by atoms with Crippen molar-refractivity contribution in [3.63, 3.8) is 0 Å². The fraction of sp³-hybridized carbons (Fsp3) is 0.129. The van der Waals surface area contributed by atoms with Gasteiger partial charge < -0.3 is 5.32 Å². The van der Waals surface area contributed by atoms with Crippen LogP contribution >= 0.6 is 39.0 Å². The van der Waals surface area contributed by atoms with Gasteiger partial charge in [-0.1, -0.05) is 81.5 Å². The minimum atomic E-state index is -0.764. The fourth-order valence-electron chi connectivity index (χ4n) is 5.69. The number of halogens is 1. The van der Waals surface area contributed by atoms with Crippen LogP contribution in [-0.2, 0) is 20.9 Å². The van der Waals surface area contributed by atoms with E-state index >= 15 is 0 Å². The van der Waals surface area contributed by atoms with E-state index < -0.39 is 17.1 Å². The first-order chi connectivity index (χ1) is 20.4. The summed E-state index contributed by atoms with van der Waals surface area (Å²) >= 11 is 5.61. The van der Waals surface area contributed by atoms with Crippen LogP contribution in [0.15, 0.2) is 106 Å². The van der Waals surface area contributed by atoms with Crippen LogP contribution in [0.4, 0.5) is 11.4 Å². The highest BCUT2D eigenvalue weighted by molar-refractivity contribution is 9.10. The van der Waals surface area contributed by atoms with Gasteiger partial charge in [0, 0.05) is 38.7 Å². The van der Waals surface area contributed by atoms with Crippen LogP contribution < -0.4 is 15.1 Å². The van der Waals surface area contributed by atoms with Crippen molar-refractivity contribution in [2.45, 2.75) is 22.7 Å². The van der Waals surface area contributed by atoms with Crippen molar-refractivity contribution in [1.82, 2.24) is 9.55 Å². The van der Waals surface area contributed by atoms with Gasteiger partial charge in [-0.3, -0.25) is 28.7 Å². The summed E-state index contributed by atoms with van der Waals surface area (Å²) in [7, 11) is 0. The molecule has 3 atom stereocenters. The summed E-state index contributed by atoms with van der Waals surface area (Å²) in [4.78, 5) is 60.3. The van der Waals surface area contributed by atoms with Gasteiger partial charge in [0.2, 0.25) is 17.7 Å². The maximum atomic E-state index is 13.9. The third-order valence-corrected chi connectivity index (χ3v) is 10.7. The van der Waals surface area contributed by atoms with Gasteiger partial charge in [0.05, 0.1) is 16.6 Å². The first kappa shape index (κ1) is 26.8. The molecule has 0 radical (unpaired) electrons. The Kier molecular flexibility index (Phi) is 6.80. The zero-order valence-corrected chi connectivity index (χ0v) is 25.0. The molecule has 42 heavy (non-hydrogen) atoms. The standard InChI is InChI=1S/C31H21BrN4O4S2/c32-19-10-12-20(13-11-19)36-28(38)25-24(18-7-4-14-33-15-18)27-30(41-26(25)29(36)39)35(31(40)42-27)16-23(37)34-22-9-3-6-17-5-1-2-8-21(17)22/h1-15,24-26H,16H2,(H,34,37)/t24-,25?,26?/m1/s1. The number of carbonyl (C=O) groups is 3. The maximum absolute atomic E-state index is 13.9. The molecule has 4 heterocycles. The number of fused-ring (bicyclic) bond motifs is 3. The normalized spacial score (nSPS) is 19.5. The quantitative estimate of drug-likeness (QED) is 0.245. The minimum absolute atomic E-state index is 0.226. The summed E-state index contributed by atoms with van der Waals surface area (Å²) in [6, 6.07) is 24.0. The van der Waals surface area contributed by atoms with Gasteiger partial charge in [-0.15, -0.1) is 0 Å². The largest absolute Gasteiger partial charge is 0.324 e. The number of hydrogen-bond donors (Lipinski definition) is 1. The molecule has 2 aliphatic rings. The molecule has 208 valence electrons. The first-order valence-electron chi connectivity index (χ1n) is 13.1. The number of pyridine rings is 1. The highest BCUT2D eigenvalue weighted by Gasteiger charge is 2.56. The third-order valence-electron chi connectivity index (χ3n) is 7.54. The van der Waals surface area contributed by atoms with E-state index in [1.54, 1.807) is 42.7 Å². The second-order valence-corrected chi connectivity index (χ2v) is 13.1. The van der Waals surface area contributed by atoms with Gasteiger partial charge in [-0.05, 0) is 47.3 Å². The van der Waals surface area contributed by atoms with Gasteiger partial charge >= 0.3 is 4.87 Å². The van der Waals surface area contributed by atoms with Crippen LogP contribution in [0.2, 0.25) is 0 Å². The van der Waals surface area contributed by atoms with Gasteiger partial charge in [0.1, 0.15) is 11.8 Å². The molecular formula is C31H21BrN4O4S2. The predicted octanol–water partition coefficient (Wildman–Crippen LogP) is 5.66. The van der Waals surface area contributed by atoms with E-state index in [-0.39, 0.29) is 29.1 Å². The zero-order valence-electron chi connectivity index (χ0n) is 21.8. The molecule has 2 aromatic heterocycles. The number of thiazole rings is 1. The number of nitrogens with one attached hydrogen (secondary N) is 1. The lowest BCUT2D eigenvalue weighted by molar-refractivity contribution is -0.122. The van der Waals surface area contributed by atoms with Crippen molar-refractivity contribution in [3.05, 3.63) is 116 Å². The Bertz CT molecular complexity index is 1940. The van der Waals surface area contributed by atoms with Crippen LogP contribution in [0.1, 0.15) is 16.4 Å². The monoisotopic (exact) mass is 656 g/mol. The lowest BCUT2D eigenvalue weighted by atomic mass is 9.84. The molecule has 0 bridgehead atoms. The summed E-state index contributed by atoms with van der Waals surface area (Å²) in [6.07, 6.45) is 3.31. The molecule has 8 nitrogen and oxygen atoms in total. The summed E-state index contributed by atoms with van der Waals surface area (Å²) in [5.74, 6) is -2.31. The molecule has 0 saturated carbocycles. The van der Waals surface area contributed by atoms with Crippen LogP contribution in [0.3, 0.4) is 0 Å². The molecule has 0 spiro atoms. The number of benzene rings is 3. The Hall–Kier alpha value is -4.06. The SMILES string of the molecule is O=C(Cn1c2c(sc1=O)[C@H](c1cccnc1)C1C(=O)N(c3ccc(Br)cc3)C(=O)C1S2)Nc1cccc2ccccc12. The number of amides is 3. The number of thioether (sulfide) groups is 1. The van der Waals surface area contributed by atoms with Gasteiger partial charge in [0.15, 0.2) is 0 Å². The van der Waals surface area contributed by atoms with E-state index in [0.717, 1.165) is 32.1 Å². The predicted molar refractivity (Wildman–Crippen MR) is 167 cm³/mol. The van der Waals surface area contributed by atoms with Crippen LogP contribution in [-0.4, -0.2) is 32.5 Å². The van der Waals surface area contributed by atoms with E-state index in [1.807, 2.05) is 48.5 Å². The Morgan fingerprint density at radius 3 is 2.50 bits per heavy atom. The number of aromatic nitrogens is 2. The third kappa shape index (κ3) is 4.48. The second kappa shape index (κ2) is 10.6. The van der Waals surface area contributed by atoms with Crippen molar-refractivity contribution in [2.75, 3.05) is 10.2 Å². The molecule has 3 amide bonds. The maximum Gasteiger partial charge on any atom is 0.308 e. The molecule has 2 aliphatic heterocycles. The molecule has 1 fully saturated rings. The molecule has 5 aromatic rings. The number of hydrogen-bond acceptors (Lipinski definition) is 7. The summed E-state index contributed by atoms with van der Waals surface area (Å²) in [6.45, 7) is -0.226. The average Bonchev–Trinajstić information content (AvgIpc) is 3.44. The minimum Gasteiger partial charge on any atom is -0.324 e. The van der Waals surface area contributed by atoms with Crippen molar-refractivity contribution < 1.29 is 14.4 Å². The second-order valence-electron chi connectivity index (χ2n) is 10.0. The van der Waals surface area contributed by atoms with Gasteiger partial charge in [-0.2, -0.15) is 0 Å². The smallest absolute Gasteiger partial charge is 0.308 e. The Morgan fingerprint density at radius 1 is 0.929 bits per heavy atom. The van der Waals surface area contributed by atoms with E-state index in [2.05, 4.69) is 26.2 Å². The zero-order chi connectivity index (χ0) is 29.0. The molecule has 2 unspecified atom stereocenters. The lowest BCUT2D eigenvalue weighted by Gasteiger charge is -2.30. The summed E-state index contributed by atoms with van der Waals surface area (Å²) < 4.78 is 2.25. The Labute approximate surface area is 256 Å². The van der Waals surface area contributed by atoms with Crippen LogP contribution in [0.25, 0.3) is 10.8 Å². The van der Waals surface area contributed by atoms with Gasteiger partial charge in [-0.25, -0.2) is 4.90 Å². The molecule has 1 N–H and O–H groups in total. The average molecular weight is 658 g/mol. The van der Waals surface area contributed by atoms with Crippen molar-refractivity contribution in [1.29, 1.82) is 0 Å². The number of rotatable bonds is 5. The number of anilines is 2. The fourth-order valence-corrected chi connectivity index (χ4v) is 8.72. The molecule has 3 aromatic carbocycles. The number of imide groups is 1. The van der Waals surface area contributed by atoms with Crippen molar-refractivity contribution in [3.8, 4) is 0 Å². The Balaban J connectivity index is 1.27. The highest BCUT2D eigenvalue weighted by Crippen LogP contribution is 2.53. The van der Waals surface area contributed by atoms with E-state index in [1.165, 1.54) is 21.2 Å². The van der Waals surface area contributed by atoms with E-state index in [0.29, 0.717) is 21.3 Å². The highest BCUT2D eigenvalue weighted by atomic mass is 79.9. The number of carbonyl (C=O) groups excluding carboxylic acids is 3. The molecule has 1 saturated heterocycles. The summed E-state index contributed by atoms with van der Waals surface area (Å²) in [5.41, 5.74) is 1.88. The molecule has 11 heteroatoms. The van der Waals surface area contributed by atoms with Crippen LogP contribution in [0.5, 0.6) is 0 Å². The Morgan fingerprint density at radius 2 is 1.71 bits per heavy atom. The summed E-state index contributed by atoms with van der Waals surface area (Å²) in [5, 5.41) is 4.60. The van der Waals surface area contributed by atoms with Gasteiger partial charge in [0.25, 0.3) is 0 Å². The molecule has 7 rings (SSSR count). The lowest BCUT2D eigenvalue weighted by Crippen LogP contribution is -2.33. The van der Waals surface area contributed by atoms with E-state index in [4.69, 9.17) is 0 Å². The molecule has 0 aliphatic carbocycles. The van der Waals surface area contributed by atoms with Crippen molar-refractivity contribution in [2.24, 2.45) is 5.92 Å². The first-order valence-corrected chi connectivity index (χ1v) is 15.6.